The fraction of sp³-hybridized carbons (Fsp3) is 0.308. The zero-order valence-electron chi connectivity index (χ0n) is 19.6. The van der Waals surface area contributed by atoms with Gasteiger partial charge in [0.05, 0.1) is 28.4 Å². The second-order valence-electron chi connectivity index (χ2n) is 8.94. The van der Waals surface area contributed by atoms with E-state index in [-0.39, 0.29) is 17.6 Å². The predicted molar refractivity (Wildman–Crippen MR) is 134 cm³/mol. The van der Waals surface area contributed by atoms with Gasteiger partial charge < -0.3 is 10.2 Å². The number of carbonyl (C=O) groups excluding carboxylic acids is 1. The van der Waals surface area contributed by atoms with Gasteiger partial charge in [-0.1, -0.05) is 23.7 Å². The van der Waals surface area contributed by atoms with Crippen LogP contribution in [0.4, 0.5) is 10.2 Å². The van der Waals surface area contributed by atoms with Crippen molar-refractivity contribution in [2.24, 2.45) is 5.92 Å². The van der Waals surface area contributed by atoms with Crippen LogP contribution in [-0.4, -0.2) is 39.0 Å². The average molecular weight is 493 g/mol. The van der Waals surface area contributed by atoms with E-state index in [0.29, 0.717) is 23.9 Å². The molecule has 0 radical (unpaired) electrons. The molecule has 1 N–H and O–H groups in total. The molecule has 4 aromatic rings. The summed E-state index contributed by atoms with van der Waals surface area (Å²) in [5.41, 5.74) is 4.19. The summed E-state index contributed by atoms with van der Waals surface area (Å²) in [6, 6.07) is 13.8. The molecule has 0 aliphatic carbocycles. The highest BCUT2D eigenvalue weighted by Crippen LogP contribution is 2.31. The molecule has 1 atom stereocenters. The second-order valence-corrected chi connectivity index (χ2v) is 9.38. The molecule has 35 heavy (non-hydrogen) atoms. The summed E-state index contributed by atoms with van der Waals surface area (Å²) >= 11 is 6.07. The van der Waals surface area contributed by atoms with Gasteiger partial charge in [0.25, 0.3) is 0 Å². The summed E-state index contributed by atoms with van der Waals surface area (Å²) in [5, 5.41) is 18.4. The Bertz CT molecular complexity index is 1390. The van der Waals surface area contributed by atoms with Crippen molar-refractivity contribution in [1.82, 2.24) is 25.3 Å². The fourth-order valence-electron chi connectivity index (χ4n) is 4.72. The number of nitrogens with zero attached hydrogens (tertiary/aromatic N) is 5. The molecule has 2 aromatic heterocycles. The van der Waals surface area contributed by atoms with E-state index in [0.717, 1.165) is 52.9 Å². The Balaban J connectivity index is 1.39. The average Bonchev–Trinajstić information content (AvgIpc) is 3.21. The SMILES string of the molecule is Cc1nnc(N2CCCC(C(=O)NCc3cccc(F)c3)C2)c2nn(-c3ccc(Cl)cc3)c(C)c12. The largest absolute Gasteiger partial charge is 0.352 e. The highest BCUT2D eigenvalue weighted by atomic mass is 35.5. The lowest BCUT2D eigenvalue weighted by Crippen LogP contribution is -2.43. The van der Waals surface area contributed by atoms with Crippen molar-refractivity contribution in [3.63, 3.8) is 0 Å². The minimum Gasteiger partial charge on any atom is -0.352 e. The maximum absolute atomic E-state index is 13.5. The van der Waals surface area contributed by atoms with Gasteiger partial charge in [0.2, 0.25) is 5.91 Å². The quantitative estimate of drug-likeness (QED) is 0.435. The molecular formula is C26H26ClFN6O. The maximum atomic E-state index is 13.5. The number of hydrogen-bond donors (Lipinski definition) is 1. The van der Waals surface area contributed by atoms with Crippen LogP contribution < -0.4 is 10.2 Å². The first-order valence-corrected chi connectivity index (χ1v) is 12.0. The third-order valence-corrected chi connectivity index (χ3v) is 6.76. The van der Waals surface area contributed by atoms with Gasteiger partial charge in [-0.15, -0.1) is 5.10 Å². The molecule has 1 amide bonds. The number of carbonyl (C=O) groups is 1. The van der Waals surface area contributed by atoms with Crippen molar-refractivity contribution in [1.29, 1.82) is 0 Å². The Labute approximate surface area is 207 Å². The smallest absolute Gasteiger partial charge is 0.225 e. The molecule has 2 aromatic carbocycles. The molecule has 0 saturated carbocycles. The monoisotopic (exact) mass is 492 g/mol. The van der Waals surface area contributed by atoms with Crippen molar-refractivity contribution in [3.05, 3.63) is 76.3 Å². The molecular weight excluding hydrogens is 467 g/mol. The fourth-order valence-corrected chi connectivity index (χ4v) is 4.85. The molecule has 1 aliphatic rings. The van der Waals surface area contributed by atoms with Crippen molar-refractivity contribution in [2.75, 3.05) is 18.0 Å². The van der Waals surface area contributed by atoms with Gasteiger partial charge in [0.15, 0.2) is 5.82 Å². The Morgan fingerprint density at radius 3 is 2.74 bits per heavy atom. The van der Waals surface area contributed by atoms with Crippen molar-refractivity contribution >= 4 is 34.2 Å². The van der Waals surface area contributed by atoms with Crippen LogP contribution in [0.5, 0.6) is 0 Å². The van der Waals surface area contributed by atoms with Crippen LogP contribution in [0.25, 0.3) is 16.6 Å². The van der Waals surface area contributed by atoms with E-state index in [1.165, 1.54) is 12.1 Å². The molecule has 1 aliphatic heterocycles. The molecule has 1 unspecified atom stereocenters. The zero-order valence-corrected chi connectivity index (χ0v) is 20.4. The third-order valence-electron chi connectivity index (χ3n) is 6.50. The first kappa shape index (κ1) is 23.2. The van der Waals surface area contributed by atoms with Crippen LogP contribution in [0.1, 0.15) is 29.8 Å². The van der Waals surface area contributed by atoms with E-state index < -0.39 is 0 Å². The minimum absolute atomic E-state index is 0.0434. The topological polar surface area (TPSA) is 75.9 Å². The summed E-state index contributed by atoms with van der Waals surface area (Å²) < 4.78 is 15.3. The maximum Gasteiger partial charge on any atom is 0.225 e. The van der Waals surface area contributed by atoms with Gasteiger partial charge in [-0.3, -0.25) is 4.79 Å². The van der Waals surface area contributed by atoms with Crippen LogP contribution in [0.3, 0.4) is 0 Å². The van der Waals surface area contributed by atoms with Crippen LogP contribution in [0.15, 0.2) is 48.5 Å². The number of aryl methyl sites for hydroxylation is 2. The zero-order chi connectivity index (χ0) is 24.5. The highest BCUT2D eigenvalue weighted by molar-refractivity contribution is 6.30. The van der Waals surface area contributed by atoms with Gasteiger partial charge >= 0.3 is 0 Å². The number of anilines is 1. The van der Waals surface area contributed by atoms with Gasteiger partial charge in [-0.05, 0) is 68.7 Å². The highest BCUT2D eigenvalue weighted by Gasteiger charge is 2.29. The number of halogens is 2. The van der Waals surface area contributed by atoms with Gasteiger partial charge in [-0.2, -0.15) is 10.2 Å². The number of aromatic nitrogens is 4. The standard InChI is InChI=1S/C26H26ClFN6O/c1-16-23-17(2)34(22-10-8-20(27)9-11-22)32-24(23)25(31-30-16)33-12-4-6-19(15-33)26(35)29-14-18-5-3-7-21(28)13-18/h3,5,7-11,13,19H,4,6,12,14-15H2,1-2H3,(H,29,35). The van der Waals surface area contributed by atoms with E-state index in [4.69, 9.17) is 16.7 Å². The third kappa shape index (κ3) is 4.71. The van der Waals surface area contributed by atoms with Gasteiger partial charge in [0, 0.05) is 24.7 Å². The molecule has 7 nitrogen and oxygen atoms in total. The van der Waals surface area contributed by atoms with Crippen LogP contribution in [-0.2, 0) is 11.3 Å². The van der Waals surface area contributed by atoms with Gasteiger partial charge in [0.1, 0.15) is 11.3 Å². The molecule has 0 bridgehead atoms. The number of benzene rings is 2. The minimum atomic E-state index is -0.309. The van der Waals surface area contributed by atoms with Crippen LogP contribution in [0.2, 0.25) is 5.02 Å². The van der Waals surface area contributed by atoms with E-state index in [1.807, 2.05) is 42.8 Å². The molecule has 9 heteroatoms. The van der Waals surface area contributed by atoms with E-state index >= 15 is 0 Å². The Morgan fingerprint density at radius 1 is 1.17 bits per heavy atom. The number of amides is 1. The van der Waals surface area contributed by atoms with Crippen molar-refractivity contribution in [3.8, 4) is 5.69 Å². The number of piperidine rings is 1. The summed E-state index contributed by atoms with van der Waals surface area (Å²) in [4.78, 5) is 15.0. The number of fused-ring (bicyclic) bond motifs is 1. The Morgan fingerprint density at radius 2 is 1.97 bits per heavy atom. The summed E-state index contributed by atoms with van der Waals surface area (Å²) in [6.07, 6.45) is 1.64. The van der Waals surface area contributed by atoms with Gasteiger partial charge in [-0.25, -0.2) is 9.07 Å². The molecule has 180 valence electrons. The lowest BCUT2D eigenvalue weighted by Gasteiger charge is -2.32. The van der Waals surface area contributed by atoms with Crippen molar-refractivity contribution < 1.29 is 9.18 Å². The van der Waals surface area contributed by atoms with E-state index in [1.54, 1.807) is 12.1 Å². The Hall–Kier alpha value is -3.52. The molecule has 1 fully saturated rings. The normalized spacial score (nSPS) is 16.0. The number of rotatable bonds is 5. The van der Waals surface area contributed by atoms with E-state index in [2.05, 4.69) is 20.4 Å². The summed E-state index contributed by atoms with van der Waals surface area (Å²) in [7, 11) is 0. The van der Waals surface area contributed by atoms with Crippen molar-refractivity contribution in [2.45, 2.75) is 33.2 Å². The number of hydrogen-bond acceptors (Lipinski definition) is 5. The van der Waals surface area contributed by atoms with E-state index in [9.17, 15) is 9.18 Å². The predicted octanol–water partition coefficient (Wildman–Crippen LogP) is 4.76. The lowest BCUT2D eigenvalue weighted by molar-refractivity contribution is -0.125. The molecule has 1 saturated heterocycles. The Kier molecular flexibility index (Phi) is 6.38. The second kappa shape index (κ2) is 9.62. The first-order valence-electron chi connectivity index (χ1n) is 11.7. The van der Waals surface area contributed by atoms with Crippen LogP contribution in [0, 0.1) is 25.6 Å². The first-order chi connectivity index (χ1) is 16.9. The number of nitrogens with one attached hydrogen (secondary N) is 1. The van der Waals surface area contributed by atoms with Crippen LogP contribution >= 0.6 is 11.6 Å². The molecule has 5 rings (SSSR count). The molecule has 3 heterocycles. The molecule has 0 spiro atoms. The summed E-state index contributed by atoms with van der Waals surface area (Å²) in [6.45, 7) is 5.54. The summed E-state index contributed by atoms with van der Waals surface area (Å²) in [5.74, 6) is 0.132. The lowest BCUT2D eigenvalue weighted by atomic mass is 9.97.